The summed E-state index contributed by atoms with van der Waals surface area (Å²) in [4.78, 5) is 0. The SMILES string of the molecule is CCCCCCCCCCCC(N)(c1ccccc1)c1ccccc1. The number of rotatable bonds is 12. The number of nitrogens with two attached hydrogens (primary N) is 1. The lowest BCUT2D eigenvalue weighted by Crippen LogP contribution is -2.37. The van der Waals surface area contributed by atoms with Crippen LogP contribution in [0.25, 0.3) is 0 Å². The molecule has 2 aromatic rings. The van der Waals surface area contributed by atoms with E-state index in [4.69, 9.17) is 5.73 Å². The molecule has 0 aliphatic rings. The van der Waals surface area contributed by atoms with Crippen LogP contribution in [0.2, 0.25) is 0 Å². The second-order valence-electron chi connectivity index (χ2n) is 7.28. The van der Waals surface area contributed by atoms with E-state index in [2.05, 4.69) is 67.6 Å². The molecule has 0 radical (unpaired) electrons. The largest absolute Gasteiger partial charge is 0.318 e. The van der Waals surface area contributed by atoms with E-state index in [0.717, 1.165) is 6.42 Å². The maximum atomic E-state index is 6.94. The van der Waals surface area contributed by atoms with Crippen LogP contribution >= 0.6 is 0 Å². The highest BCUT2D eigenvalue weighted by atomic mass is 14.7. The standard InChI is InChI=1S/C24H35N/c1-2-3-4-5-6-7-8-9-16-21-24(25,22-17-12-10-13-18-22)23-19-14-11-15-20-23/h10-15,17-20H,2-9,16,21,25H2,1H3. The molecule has 2 aromatic carbocycles. The van der Waals surface area contributed by atoms with Crippen LogP contribution in [0, 0.1) is 0 Å². The van der Waals surface area contributed by atoms with Crippen LogP contribution in [0.3, 0.4) is 0 Å². The van der Waals surface area contributed by atoms with Crippen LogP contribution in [-0.4, -0.2) is 0 Å². The summed E-state index contributed by atoms with van der Waals surface area (Å²) < 4.78 is 0. The van der Waals surface area contributed by atoms with Gasteiger partial charge in [-0.1, -0.05) is 125 Å². The zero-order valence-corrected chi connectivity index (χ0v) is 15.9. The van der Waals surface area contributed by atoms with Gasteiger partial charge in [-0.05, 0) is 17.5 Å². The van der Waals surface area contributed by atoms with Crippen molar-refractivity contribution < 1.29 is 0 Å². The highest BCUT2D eigenvalue weighted by Gasteiger charge is 2.28. The minimum absolute atomic E-state index is 0.371. The predicted molar refractivity (Wildman–Crippen MR) is 110 cm³/mol. The molecule has 1 nitrogen and oxygen atoms in total. The first-order valence-electron chi connectivity index (χ1n) is 10.2. The lowest BCUT2D eigenvalue weighted by Gasteiger charge is -2.31. The molecule has 0 unspecified atom stereocenters. The Morgan fingerprint density at radius 1 is 0.600 bits per heavy atom. The number of hydrogen-bond donors (Lipinski definition) is 1. The van der Waals surface area contributed by atoms with E-state index in [1.165, 1.54) is 68.9 Å². The van der Waals surface area contributed by atoms with Crippen molar-refractivity contribution in [1.29, 1.82) is 0 Å². The fourth-order valence-corrected chi connectivity index (χ4v) is 3.64. The van der Waals surface area contributed by atoms with Gasteiger partial charge in [-0.15, -0.1) is 0 Å². The monoisotopic (exact) mass is 337 g/mol. The maximum absolute atomic E-state index is 6.94. The van der Waals surface area contributed by atoms with Crippen molar-refractivity contribution >= 4 is 0 Å². The highest BCUT2D eigenvalue weighted by molar-refractivity contribution is 5.37. The van der Waals surface area contributed by atoms with E-state index in [1.54, 1.807) is 0 Å². The van der Waals surface area contributed by atoms with Gasteiger partial charge >= 0.3 is 0 Å². The molecule has 136 valence electrons. The predicted octanol–water partition coefficient (Wildman–Crippen LogP) is 6.81. The fourth-order valence-electron chi connectivity index (χ4n) is 3.64. The Morgan fingerprint density at radius 3 is 1.44 bits per heavy atom. The first-order chi connectivity index (χ1) is 12.3. The van der Waals surface area contributed by atoms with Gasteiger partial charge in [-0.25, -0.2) is 0 Å². The Morgan fingerprint density at radius 2 is 1.00 bits per heavy atom. The molecular weight excluding hydrogens is 302 g/mol. The second kappa shape index (κ2) is 11.1. The third kappa shape index (κ3) is 6.32. The molecule has 25 heavy (non-hydrogen) atoms. The van der Waals surface area contributed by atoms with Gasteiger partial charge in [0.25, 0.3) is 0 Å². The number of hydrogen-bond acceptors (Lipinski definition) is 1. The van der Waals surface area contributed by atoms with Crippen LogP contribution in [0.1, 0.15) is 82.3 Å². The molecule has 0 amide bonds. The van der Waals surface area contributed by atoms with E-state index < -0.39 is 0 Å². The molecule has 0 fully saturated rings. The van der Waals surface area contributed by atoms with Crippen LogP contribution in [0.15, 0.2) is 60.7 Å². The average Bonchev–Trinajstić information content (AvgIpc) is 2.68. The summed E-state index contributed by atoms with van der Waals surface area (Å²) in [6, 6.07) is 21.2. The van der Waals surface area contributed by atoms with Crippen molar-refractivity contribution in [1.82, 2.24) is 0 Å². The van der Waals surface area contributed by atoms with Gasteiger partial charge < -0.3 is 5.73 Å². The first-order valence-corrected chi connectivity index (χ1v) is 10.2. The molecule has 1 heteroatoms. The molecule has 0 saturated carbocycles. The summed E-state index contributed by atoms with van der Waals surface area (Å²) in [5, 5.41) is 0. The summed E-state index contributed by atoms with van der Waals surface area (Å²) in [5.41, 5.74) is 9.01. The van der Waals surface area contributed by atoms with Crippen LogP contribution in [0.4, 0.5) is 0 Å². The van der Waals surface area contributed by atoms with Crippen LogP contribution in [-0.2, 0) is 5.54 Å². The zero-order valence-electron chi connectivity index (χ0n) is 15.9. The maximum Gasteiger partial charge on any atom is 0.0665 e. The van der Waals surface area contributed by atoms with Crippen LogP contribution < -0.4 is 5.73 Å². The van der Waals surface area contributed by atoms with Gasteiger partial charge in [0.1, 0.15) is 0 Å². The summed E-state index contributed by atoms with van der Waals surface area (Å²) in [7, 11) is 0. The van der Waals surface area contributed by atoms with Gasteiger partial charge in [0, 0.05) is 0 Å². The smallest absolute Gasteiger partial charge is 0.0665 e. The third-order valence-corrected chi connectivity index (χ3v) is 5.25. The molecule has 0 saturated heterocycles. The topological polar surface area (TPSA) is 26.0 Å². The van der Waals surface area contributed by atoms with Crippen molar-refractivity contribution in [2.75, 3.05) is 0 Å². The van der Waals surface area contributed by atoms with E-state index in [-0.39, 0.29) is 5.54 Å². The quantitative estimate of drug-likeness (QED) is 0.423. The Labute approximate surface area is 154 Å². The fraction of sp³-hybridized carbons (Fsp3) is 0.500. The van der Waals surface area contributed by atoms with E-state index >= 15 is 0 Å². The van der Waals surface area contributed by atoms with Crippen molar-refractivity contribution in [3.63, 3.8) is 0 Å². The summed E-state index contributed by atoms with van der Waals surface area (Å²) in [6.07, 6.45) is 13.1. The van der Waals surface area contributed by atoms with E-state index in [9.17, 15) is 0 Å². The molecule has 0 atom stereocenters. The number of unbranched alkanes of at least 4 members (excludes halogenated alkanes) is 8. The number of benzene rings is 2. The Bertz CT molecular complexity index is 522. The molecule has 0 bridgehead atoms. The van der Waals surface area contributed by atoms with E-state index in [1.807, 2.05) is 0 Å². The second-order valence-corrected chi connectivity index (χ2v) is 7.28. The first kappa shape index (κ1) is 19.7. The lowest BCUT2D eigenvalue weighted by atomic mass is 9.79. The normalized spacial score (nSPS) is 11.6. The average molecular weight is 338 g/mol. The Hall–Kier alpha value is -1.60. The van der Waals surface area contributed by atoms with Crippen molar-refractivity contribution in [3.05, 3.63) is 71.8 Å². The van der Waals surface area contributed by atoms with Crippen LogP contribution in [0.5, 0.6) is 0 Å². The third-order valence-electron chi connectivity index (χ3n) is 5.25. The minimum Gasteiger partial charge on any atom is -0.318 e. The molecular formula is C24H35N. The van der Waals surface area contributed by atoms with Crippen molar-refractivity contribution in [3.8, 4) is 0 Å². The highest BCUT2D eigenvalue weighted by Crippen LogP contribution is 2.32. The van der Waals surface area contributed by atoms with Gasteiger partial charge in [0.05, 0.1) is 5.54 Å². The molecule has 0 aliphatic carbocycles. The molecule has 2 rings (SSSR count). The van der Waals surface area contributed by atoms with Gasteiger partial charge in [-0.2, -0.15) is 0 Å². The molecule has 0 spiro atoms. The lowest BCUT2D eigenvalue weighted by molar-refractivity contribution is 0.450. The zero-order chi connectivity index (χ0) is 17.8. The molecule has 0 aliphatic heterocycles. The molecule has 0 aromatic heterocycles. The van der Waals surface area contributed by atoms with Gasteiger partial charge in [0.2, 0.25) is 0 Å². The van der Waals surface area contributed by atoms with Crippen molar-refractivity contribution in [2.45, 2.75) is 76.7 Å². The van der Waals surface area contributed by atoms with Gasteiger partial charge in [-0.3, -0.25) is 0 Å². The van der Waals surface area contributed by atoms with E-state index in [0.29, 0.717) is 0 Å². The Kier molecular flexibility index (Phi) is 8.76. The summed E-state index contributed by atoms with van der Waals surface area (Å²) >= 11 is 0. The molecule has 0 heterocycles. The van der Waals surface area contributed by atoms with Gasteiger partial charge in [0.15, 0.2) is 0 Å². The summed E-state index contributed by atoms with van der Waals surface area (Å²) in [5.74, 6) is 0. The summed E-state index contributed by atoms with van der Waals surface area (Å²) in [6.45, 7) is 2.28. The minimum atomic E-state index is -0.371. The Balaban J connectivity index is 1.84. The molecule has 2 N–H and O–H groups in total. The van der Waals surface area contributed by atoms with Crippen molar-refractivity contribution in [2.24, 2.45) is 5.73 Å².